The number of aliphatic carboxylic acids is 1. The third-order valence-electron chi connectivity index (χ3n) is 4.83. The van der Waals surface area contributed by atoms with E-state index < -0.39 is 18.0 Å². The molecule has 0 saturated carbocycles. The second-order valence-corrected chi connectivity index (χ2v) is 6.99. The molecule has 1 atom stereocenters. The highest BCUT2D eigenvalue weighted by Gasteiger charge is 2.27. The van der Waals surface area contributed by atoms with Crippen LogP contribution in [0.25, 0.3) is 0 Å². The highest BCUT2D eigenvalue weighted by atomic mass is 16.5. The number of nitrogens with zero attached hydrogens (tertiary/aromatic N) is 3. The summed E-state index contributed by atoms with van der Waals surface area (Å²) in [6, 6.07) is 0. The van der Waals surface area contributed by atoms with Crippen molar-refractivity contribution in [2.24, 2.45) is 0 Å². The molecular weight excluding hydrogens is 362 g/mol. The molecule has 1 N–H and O–H groups in total. The molecule has 1 aliphatic rings. The second kappa shape index (κ2) is 11.6. The van der Waals surface area contributed by atoms with Gasteiger partial charge in [-0.1, -0.05) is 32.6 Å². The van der Waals surface area contributed by atoms with Gasteiger partial charge in [0.25, 0.3) is 0 Å². The molecule has 0 aromatic carbocycles. The van der Waals surface area contributed by atoms with E-state index >= 15 is 0 Å². The number of carbonyl (C=O) groups is 2. The van der Waals surface area contributed by atoms with Crippen molar-refractivity contribution < 1.29 is 24.2 Å². The first-order valence-electron chi connectivity index (χ1n) is 10.2. The molecule has 156 valence electrons. The molecule has 1 fully saturated rings. The van der Waals surface area contributed by atoms with Gasteiger partial charge in [-0.2, -0.15) is 0 Å². The van der Waals surface area contributed by atoms with E-state index in [9.17, 15) is 14.7 Å². The lowest BCUT2D eigenvalue weighted by atomic mass is 10.1. The third-order valence-corrected chi connectivity index (χ3v) is 4.83. The highest BCUT2D eigenvalue weighted by Crippen LogP contribution is 2.21. The number of unbranched alkanes of at least 4 members (excludes halogenated alkanes) is 3. The Kier molecular flexibility index (Phi) is 9.13. The number of carbonyl (C=O) groups excluding carboxylic acids is 1. The zero-order valence-corrected chi connectivity index (χ0v) is 16.8. The van der Waals surface area contributed by atoms with Gasteiger partial charge in [0.15, 0.2) is 6.10 Å². The van der Waals surface area contributed by atoms with Crippen molar-refractivity contribution in [3.63, 3.8) is 0 Å². The van der Waals surface area contributed by atoms with Crippen molar-refractivity contribution in [2.75, 3.05) is 24.6 Å². The smallest absolute Gasteiger partial charge is 0.341 e. The Bertz CT molecular complexity index is 615. The Balaban J connectivity index is 1.81. The van der Waals surface area contributed by atoms with Crippen LogP contribution in [0.3, 0.4) is 0 Å². The molecule has 2 heterocycles. The first-order chi connectivity index (χ1) is 13.5. The maximum absolute atomic E-state index is 11.7. The number of piperidine rings is 1. The maximum atomic E-state index is 11.7. The largest absolute Gasteiger partial charge is 0.479 e. The molecule has 2 rings (SSSR count). The molecule has 1 unspecified atom stereocenters. The van der Waals surface area contributed by atoms with Gasteiger partial charge in [0.2, 0.25) is 5.95 Å². The minimum absolute atomic E-state index is 0.0673. The van der Waals surface area contributed by atoms with Crippen molar-refractivity contribution in [3.05, 3.63) is 18.0 Å². The maximum Gasteiger partial charge on any atom is 0.341 e. The molecule has 1 aromatic heterocycles. The number of rotatable bonds is 11. The standard InChI is InChI=1S/C20H31N3O5/c1-3-5-6-7-8-17(18(24)25)28-16-9-11-23(12-10-16)20-21-13-15(14-22-20)19(26)27-4-2/h13-14,16-17H,3-12H2,1-2H3,(H,24,25). The molecule has 8 heteroatoms. The number of ether oxygens (including phenoxy) is 2. The first-order valence-corrected chi connectivity index (χ1v) is 10.2. The quantitative estimate of drug-likeness (QED) is 0.452. The zero-order chi connectivity index (χ0) is 20.4. The fraction of sp³-hybridized carbons (Fsp3) is 0.700. The molecule has 0 amide bonds. The van der Waals surface area contributed by atoms with Gasteiger partial charge in [-0.25, -0.2) is 19.6 Å². The van der Waals surface area contributed by atoms with E-state index in [4.69, 9.17) is 9.47 Å². The number of anilines is 1. The van der Waals surface area contributed by atoms with E-state index in [0.29, 0.717) is 37.6 Å². The lowest BCUT2D eigenvalue weighted by Gasteiger charge is -2.33. The molecule has 1 aromatic rings. The van der Waals surface area contributed by atoms with Gasteiger partial charge in [-0.05, 0) is 26.2 Å². The Morgan fingerprint density at radius 1 is 1.18 bits per heavy atom. The van der Waals surface area contributed by atoms with Crippen LogP contribution in [-0.2, 0) is 14.3 Å². The Morgan fingerprint density at radius 2 is 1.86 bits per heavy atom. The molecule has 28 heavy (non-hydrogen) atoms. The number of carboxylic acid groups (broad SMARTS) is 1. The summed E-state index contributed by atoms with van der Waals surface area (Å²) in [4.78, 5) is 33.7. The normalized spacial score (nSPS) is 16.0. The van der Waals surface area contributed by atoms with Crippen molar-refractivity contribution in [1.82, 2.24) is 9.97 Å². The molecule has 1 aliphatic heterocycles. The van der Waals surface area contributed by atoms with Crippen LogP contribution >= 0.6 is 0 Å². The monoisotopic (exact) mass is 393 g/mol. The van der Waals surface area contributed by atoms with Gasteiger partial charge in [-0.15, -0.1) is 0 Å². The lowest BCUT2D eigenvalue weighted by molar-refractivity contribution is -0.155. The van der Waals surface area contributed by atoms with E-state index in [1.165, 1.54) is 12.4 Å². The number of carboxylic acids is 1. The summed E-state index contributed by atoms with van der Waals surface area (Å²) in [7, 11) is 0. The summed E-state index contributed by atoms with van der Waals surface area (Å²) >= 11 is 0. The third kappa shape index (κ3) is 6.74. The second-order valence-electron chi connectivity index (χ2n) is 6.99. The molecular formula is C20H31N3O5. The molecule has 0 radical (unpaired) electrons. The predicted molar refractivity (Wildman–Crippen MR) is 104 cm³/mol. The summed E-state index contributed by atoms with van der Waals surface area (Å²) in [6.45, 7) is 5.56. The van der Waals surface area contributed by atoms with E-state index in [-0.39, 0.29) is 6.10 Å². The van der Waals surface area contributed by atoms with Gasteiger partial charge in [-0.3, -0.25) is 0 Å². The molecule has 0 aliphatic carbocycles. The topological polar surface area (TPSA) is 102 Å². The van der Waals surface area contributed by atoms with Crippen LogP contribution in [-0.4, -0.2) is 58.9 Å². The van der Waals surface area contributed by atoms with Crippen LogP contribution in [0.2, 0.25) is 0 Å². The summed E-state index contributed by atoms with van der Waals surface area (Å²) < 4.78 is 10.8. The van der Waals surface area contributed by atoms with Crippen molar-refractivity contribution in [3.8, 4) is 0 Å². The summed E-state index contributed by atoms with van der Waals surface area (Å²) in [5.74, 6) is -0.752. The van der Waals surface area contributed by atoms with E-state index in [1.807, 2.05) is 4.90 Å². The summed E-state index contributed by atoms with van der Waals surface area (Å²) in [5, 5.41) is 9.41. The SMILES string of the molecule is CCCCCCC(OC1CCN(c2ncc(C(=O)OCC)cn2)CC1)C(=O)O. The number of esters is 1. The molecule has 0 spiro atoms. The van der Waals surface area contributed by atoms with Crippen molar-refractivity contribution in [1.29, 1.82) is 0 Å². The van der Waals surface area contributed by atoms with Crippen molar-refractivity contribution in [2.45, 2.75) is 71.0 Å². The first kappa shape index (κ1) is 22.1. The van der Waals surface area contributed by atoms with Crippen LogP contribution < -0.4 is 4.90 Å². The highest BCUT2D eigenvalue weighted by molar-refractivity contribution is 5.88. The number of hydrogen-bond acceptors (Lipinski definition) is 7. The lowest BCUT2D eigenvalue weighted by Crippen LogP contribution is -2.40. The Morgan fingerprint density at radius 3 is 2.43 bits per heavy atom. The zero-order valence-electron chi connectivity index (χ0n) is 16.8. The minimum Gasteiger partial charge on any atom is -0.479 e. The number of hydrogen-bond donors (Lipinski definition) is 1. The van der Waals surface area contributed by atoms with E-state index in [1.54, 1.807) is 6.92 Å². The van der Waals surface area contributed by atoms with Crippen LogP contribution in [0, 0.1) is 0 Å². The average molecular weight is 393 g/mol. The fourth-order valence-corrected chi connectivity index (χ4v) is 3.23. The molecule has 1 saturated heterocycles. The summed E-state index contributed by atoms with van der Waals surface area (Å²) in [6.07, 6.45) is 8.33. The number of aromatic nitrogens is 2. The molecule has 8 nitrogen and oxygen atoms in total. The Labute approximate surface area is 166 Å². The van der Waals surface area contributed by atoms with Gasteiger partial charge in [0, 0.05) is 25.5 Å². The van der Waals surface area contributed by atoms with Crippen LogP contribution in [0.15, 0.2) is 12.4 Å². The molecule has 0 bridgehead atoms. The van der Waals surface area contributed by atoms with Gasteiger partial charge >= 0.3 is 11.9 Å². The van der Waals surface area contributed by atoms with Crippen LogP contribution in [0.5, 0.6) is 0 Å². The summed E-state index contributed by atoms with van der Waals surface area (Å²) in [5.41, 5.74) is 0.330. The Hall–Kier alpha value is -2.22. The van der Waals surface area contributed by atoms with Gasteiger partial charge in [0.05, 0.1) is 18.3 Å². The van der Waals surface area contributed by atoms with E-state index in [2.05, 4.69) is 16.9 Å². The van der Waals surface area contributed by atoms with Crippen LogP contribution in [0.4, 0.5) is 5.95 Å². The minimum atomic E-state index is -0.878. The van der Waals surface area contributed by atoms with Crippen LogP contribution in [0.1, 0.15) is 69.2 Å². The van der Waals surface area contributed by atoms with E-state index in [0.717, 1.165) is 38.5 Å². The van der Waals surface area contributed by atoms with Crippen molar-refractivity contribution >= 4 is 17.9 Å². The predicted octanol–water partition coefficient (Wildman–Crippen LogP) is 3.06. The van der Waals surface area contributed by atoms with Gasteiger partial charge < -0.3 is 19.5 Å². The fourth-order valence-electron chi connectivity index (χ4n) is 3.23. The van der Waals surface area contributed by atoms with Gasteiger partial charge in [0.1, 0.15) is 0 Å². The average Bonchev–Trinajstić information content (AvgIpc) is 2.71.